The topological polar surface area (TPSA) is 93.0 Å². The number of imidazole rings is 1. The van der Waals surface area contributed by atoms with Crippen molar-refractivity contribution in [2.45, 2.75) is 12.3 Å². The summed E-state index contributed by atoms with van der Waals surface area (Å²) in [5, 5.41) is 0.982. The maximum Gasteiger partial charge on any atom is 0.259 e. The summed E-state index contributed by atoms with van der Waals surface area (Å²) in [7, 11) is -3.96. The molecule has 4 aromatic rings. The van der Waals surface area contributed by atoms with Crippen LogP contribution in [0.25, 0.3) is 11.2 Å². The van der Waals surface area contributed by atoms with E-state index >= 15 is 0 Å². The summed E-state index contributed by atoms with van der Waals surface area (Å²) in [4.78, 5) is 11.3. The van der Waals surface area contributed by atoms with Crippen LogP contribution in [0.5, 0.6) is 0 Å². The van der Waals surface area contributed by atoms with Gasteiger partial charge in [0.1, 0.15) is 11.3 Å². The molecule has 0 atom stereocenters. The van der Waals surface area contributed by atoms with E-state index in [1.807, 2.05) is 0 Å². The lowest BCUT2D eigenvalue weighted by Crippen LogP contribution is -2.18. The lowest BCUT2D eigenvalue weighted by Gasteiger charge is -2.10. The number of hydrogen-bond acceptors (Lipinski definition) is 4. The van der Waals surface area contributed by atoms with Crippen LogP contribution in [0.15, 0.2) is 59.5 Å². The Kier molecular flexibility index (Phi) is 5.59. The zero-order chi connectivity index (χ0) is 21.3. The lowest BCUT2D eigenvalue weighted by atomic mass is 10.2. The van der Waals surface area contributed by atoms with Gasteiger partial charge in [0.05, 0.1) is 25.0 Å². The van der Waals surface area contributed by atoms with Gasteiger partial charge in [-0.3, -0.25) is 0 Å². The van der Waals surface area contributed by atoms with Crippen LogP contribution in [0.4, 0.5) is 4.39 Å². The van der Waals surface area contributed by atoms with E-state index in [9.17, 15) is 12.8 Å². The van der Waals surface area contributed by atoms with Crippen molar-refractivity contribution in [2.75, 3.05) is 0 Å². The Balaban J connectivity index is 1.73. The third-order valence-corrected chi connectivity index (χ3v) is 6.15. The Morgan fingerprint density at radius 2 is 1.83 bits per heavy atom. The number of nitrogens with one attached hydrogen (secondary N) is 1. The van der Waals surface area contributed by atoms with Gasteiger partial charge in [-0.15, -0.1) is 4.40 Å². The molecular formula is C19H14Cl2FN5O2S. The zero-order valence-electron chi connectivity index (χ0n) is 15.3. The molecule has 11 heteroatoms. The number of aromatic amines is 1. The van der Waals surface area contributed by atoms with Crippen molar-refractivity contribution in [2.24, 2.45) is 4.40 Å². The summed E-state index contributed by atoms with van der Waals surface area (Å²) in [5.74, 6) is -0.970. The summed E-state index contributed by atoms with van der Waals surface area (Å²) in [5.41, 5.74) is 1.70. The quantitative estimate of drug-likeness (QED) is 0.486. The number of H-pyrrole nitrogens is 1. The number of rotatable bonds is 5. The van der Waals surface area contributed by atoms with Crippen LogP contribution in [-0.4, -0.2) is 27.9 Å². The van der Waals surface area contributed by atoms with Gasteiger partial charge in [0.15, 0.2) is 11.1 Å². The average molecular weight is 466 g/mol. The highest BCUT2D eigenvalue weighted by atomic mass is 35.5. The number of sulfonamides is 1. The molecule has 0 bridgehead atoms. The number of nitrogens with zero attached hydrogens (tertiary/aromatic N) is 4. The Morgan fingerprint density at radius 1 is 1.10 bits per heavy atom. The average Bonchev–Trinajstić information content (AvgIpc) is 3.16. The normalized spacial score (nSPS) is 12.6. The zero-order valence-corrected chi connectivity index (χ0v) is 17.6. The third-order valence-electron chi connectivity index (χ3n) is 4.29. The van der Waals surface area contributed by atoms with E-state index in [4.69, 9.17) is 23.2 Å². The molecule has 0 aliphatic heterocycles. The van der Waals surface area contributed by atoms with E-state index < -0.39 is 21.6 Å². The Labute approximate surface area is 180 Å². The van der Waals surface area contributed by atoms with E-state index in [2.05, 4.69) is 19.3 Å². The minimum absolute atomic E-state index is 0.0413. The molecule has 2 aromatic heterocycles. The van der Waals surface area contributed by atoms with Gasteiger partial charge in [0.2, 0.25) is 0 Å². The smallest absolute Gasteiger partial charge is 0.259 e. The van der Waals surface area contributed by atoms with Crippen molar-refractivity contribution in [1.82, 2.24) is 19.5 Å². The highest BCUT2D eigenvalue weighted by Gasteiger charge is 2.14. The molecule has 2 aromatic carbocycles. The largest absolute Gasteiger partial charge is 0.340 e. The molecule has 30 heavy (non-hydrogen) atoms. The van der Waals surface area contributed by atoms with Gasteiger partial charge in [-0.25, -0.2) is 22.8 Å². The first-order valence-corrected chi connectivity index (χ1v) is 11.0. The molecular weight excluding hydrogens is 452 g/mol. The summed E-state index contributed by atoms with van der Waals surface area (Å²) in [6.45, 7) is 0.281. The molecule has 154 valence electrons. The molecule has 0 aliphatic rings. The SMILES string of the molecule is O=S(=O)(Cc1cccc(F)c1)/N=c1/ncn(Cc2c(Cl)cccc2Cl)c2nc[nH]c12. The fraction of sp³-hybridized carbons (Fsp3) is 0.105. The molecule has 4 rings (SSSR count). The second kappa shape index (κ2) is 8.17. The predicted octanol–water partition coefficient (Wildman–Crippen LogP) is 3.68. The standard InChI is InChI=1S/C19H14Cl2FN5O2S/c20-15-5-2-6-16(21)14(15)8-27-11-25-18(17-19(27)24-10-23-17)26-30(28,29)9-12-3-1-4-13(22)7-12/h1-7,10-11H,8-9H2,(H,23,24)/b26-18+. The second-order valence-corrected chi connectivity index (χ2v) is 8.89. The van der Waals surface area contributed by atoms with Crippen molar-refractivity contribution in [1.29, 1.82) is 0 Å². The van der Waals surface area contributed by atoms with Crippen LogP contribution in [0, 0.1) is 5.82 Å². The molecule has 0 aliphatic carbocycles. The highest BCUT2D eigenvalue weighted by Crippen LogP contribution is 2.25. The Morgan fingerprint density at radius 3 is 2.57 bits per heavy atom. The van der Waals surface area contributed by atoms with Crippen molar-refractivity contribution in [3.63, 3.8) is 0 Å². The monoisotopic (exact) mass is 465 g/mol. The Hall–Kier alpha value is -2.75. The van der Waals surface area contributed by atoms with Gasteiger partial charge in [0.25, 0.3) is 10.0 Å². The van der Waals surface area contributed by atoms with Gasteiger partial charge in [-0.05, 0) is 29.8 Å². The van der Waals surface area contributed by atoms with E-state index in [0.29, 0.717) is 32.3 Å². The summed E-state index contributed by atoms with van der Waals surface area (Å²) < 4.78 is 43.8. The fourth-order valence-electron chi connectivity index (χ4n) is 2.95. The first-order valence-electron chi connectivity index (χ1n) is 8.67. The number of hydrogen-bond donors (Lipinski definition) is 1. The number of benzene rings is 2. The molecule has 1 N–H and O–H groups in total. The maximum atomic E-state index is 13.3. The Bertz CT molecular complexity index is 1400. The van der Waals surface area contributed by atoms with Crippen molar-refractivity contribution < 1.29 is 12.8 Å². The molecule has 0 amide bonds. The van der Waals surface area contributed by atoms with E-state index in [-0.39, 0.29) is 12.0 Å². The van der Waals surface area contributed by atoms with Crippen molar-refractivity contribution in [3.05, 3.63) is 87.6 Å². The van der Waals surface area contributed by atoms with Gasteiger partial charge >= 0.3 is 0 Å². The molecule has 2 heterocycles. The lowest BCUT2D eigenvalue weighted by molar-refractivity contribution is 0.595. The van der Waals surface area contributed by atoms with E-state index in [1.54, 1.807) is 22.8 Å². The summed E-state index contributed by atoms with van der Waals surface area (Å²) in [6, 6.07) is 10.5. The third kappa shape index (κ3) is 4.38. The molecule has 0 saturated carbocycles. The van der Waals surface area contributed by atoms with E-state index in [1.165, 1.54) is 30.9 Å². The number of fused-ring (bicyclic) bond motifs is 1. The molecule has 0 spiro atoms. The van der Waals surface area contributed by atoms with Crippen molar-refractivity contribution >= 4 is 44.4 Å². The van der Waals surface area contributed by atoms with Crippen LogP contribution in [0.3, 0.4) is 0 Å². The van der Waals surface area contributed by atoms with Crippen LogP contribution >= 0.6 is 23.2 Å². The second-order valence-electron chi connectivity index (χ2n) is 6.44. The fourth-order valence-corrected chi connectivity index (χ4v) is 4.54. The van der Waals surface area contributed by atoms with Gasteiger partial charge < -0.3 is 9.55 Å². The van der Waals surface area contributed by atoms with Gasteiger partial charge in [0, 0.05) is 15.6 Å². The molecule has 0 saturated heterocycles. The van der Waals surface area contributed by atoms with E-state index in [0.717, 1.165) is 6.07 Å². The number of aromatic nitrogens is 4. The maximum absolute atomic E-state index is 13.3. The van der Waals surface area contributed by atoms with Crippen LogP contribution in [0.2, 0.25) is 10.0 Å². The van der Waals surface area contributed by atoms with Gasteiger partial charge in [-0.2, -0.15) is 0 Å². The molecule has 0 radical (unpaired) electrons. The molecule has 7 nitrogen and oxygen atoms in total. The predicted molar refractivity (Wildman–Crippen MR) is 112 cm³/mol. The first-order chi connectivity index (χ1) is 14.3. The van der Waals surface area contributed by atoms with Crippen molar-refractivity contribution in [3.8, 4) is 0 Å². The first kappa shape index (κ1) is 20.5. The summed E-state index contributed by atoms with van der Waals surface area (Å²) in [6.07, 6.45) is 2.83. The van der Waals surface area contributed by atoms with Gasteiger partial charge in [-0.1, -0.05) is 41.4 Å². The van der Waals surface area contributed by atoms with Crippen LogP contribution in [-0.2, 0) is 22.3 Å². The summed E-state index contributed by atoms with van der Waals surface area (Å²) >= 11 is 12.5. The minimum atomic E-state index is -3.96. The minimum Gasteiger partial charge on any atom is -0.340 e. The number of halogens is 3. The van der Waals surface area contributed by atoms with Crippen LogP contribution < -0.4 is 5.49 Å². The highest BCUT2D eigenvalue weighted by molar-refractivity contribution is 7.89. The molecule has 0 unspecified atom stereocenters. The molecule has 0 fully saturated rings. The van der Waals surface area contributed by atoms with Crippen LogP contribution in [0.1, 0.15) is 11.1 Å².